The fraction of sp³-hybridized carbons (Fsp3) is 0.364. The SMILES string of the molecule is CCOC(=O)c1ccc(N2C(=S)N[C@H]3c4ccccc4O[C@@]24CCC[C@@H]34)cc1. The normalized spacial score (nSPS) is 27.3. The second-order valence-electron chi connectivity index (χ2n) is 7.51. The van der Waals surface area contributed by atoms with E-state index in [1.165, 1.54) is 5.56 Å². The maximum absolute atomic E-state index is 12.0. The van der Waals surface area contributed by atoms with E-state index in [1.807, 2.05) is 24.3 Å². The smallest absolute Gasteiger partial charge is 0.338 e. The molecule has 144 valence electrons. The Morgan fingerprint density at radius 3 is 2.86 bits per heavy atom. The van der Waals surface area contributed by atoms with Crippen molar-refractivity contribution in [3.63, 3.8) is 0 Å². The van der Waals surface area contributed by atoms with Gasteiger partial charge < -0.3 is 14.8 Å². The third kappa shape index (κ3) is 2.44. The number of para-hydroxylation sites is 1. The van der Waals surface area contributed by atoms with E-state index in [0.717, 1.165) is 30.7 Å². The van der Waals surface area contributed by atoms with Gasteiger partial charge in [0.2, 0.25) is 0 Å². The molecule has 1 aliphatic carbocycles. The average molecular weight is 394 g/mol. The van der Waals surface area contributed by atoms with Crippen LogP contribution in [-0.2, 0) is 4.74 Å². The molecule has 1 N–H and O–H groups in total. The van der Waals surface area contributed by atoms with Crippen LogP contribution in [0, 0.1) is 5.92 Å². The van der Waals surface area contributed by atoms with Crippen molar-refractivity contribution < 1.29 is 14.3 Å². The van der Waals surface area contributed by atoms with Crippen LogP contribution in [0.5, 0.6) is 5.75 Å². The molecule has 0 radical (unpaired) electrons. The molecule has 2 bridgehead atoms. The Morgan fingerprint density at radius 2 is 2.07 bits per heavy atom. The first-order valence-electron chi connectivity index (χ1n) is 9.80. The molecule has 0 spiro atoms. The average Bonchev–Trinajstić information content (AvgIpc) is 3.13. The van der Waals surface area contributed by atoms with Gasteiger partial charge in [-0.15, -0.1) is 0 Å². The van der Waals surface area contributed by atoms with Crippen LogP contribution in [0.4, 0.5) is 5.69 Å². The van der Waals surface area contributed by atoms with Crippen molar-refractivity contribution in [3.05, 3.63) is 59.7 Å². The lowest BCUT2D eigenvalue weighted by Gasteiger charge is -2.56. The van der Waals surface area contributed by atoms with Gasteiger partial charge in [0.1, 0.15) is 5.75 Å². The van der Waals surface area contributed by atoms with Crippen LogP contribution >= 0.6 is 12.2 Å². The Morgan fingerprint density at radius 1 is 1.29 bits per heavy atom. The second kappa shape index (κ2) is 6.48. The van der Waals surface area contributed by atoms with Crippen LogP contribution in [0.15, 0.2) is 48.5 Å². The molecule has 2 aromatic rings. The zero-order valence-corrected chi connectivity index (χ0v) is 16.5. The fourth-order valence-corrected chi connectivity index (χ4v) is 5.33. The number of hydrogen-bond acceptors (Lipinski definition) is 4. The molecule has 28 heavy (non-hydrogen) atoms. The van der Waals surface area contributed by atoms with Gasteiger partial charge in [0, 0.05) is 23.6 Å². The van der Waals surface area contributed by atoms with Crippen LogP contribution < -0.4 is 15.0 Å². The largest absolute Gasteiger partial charge is 0.467 e. The van der Waals surface area contributed by atoms with Gasteiger partial charge in [0.25, 0.3) is 0 Å². The highest BCUT2D eigenvalue weighted by molar-refractivity contribution is 7.80. The van der Waals surface area contributed by atoms with Gasteiger partial charge in [-0.3, -0.25) is 4.90 Å². The number of rotatable bonds is 3. The van der Waals surface area contributed by atoms with E-state index < -0.39 is 5.72 Å². The molecule has 1 saturated heterocycles. The molecule has 2 aromatic carbocycles. The molecule has 2 heterocycles. The van der Waals surface area contributed by atoms with Gasteiger partial charge >= 0.3 is 5.97 Å². The van der Waals surface area contributed by atoms with E-state index in [0.29, 0.717) is 23.2 Å². The third-order valence-electron chi connectivity index (χ3n) is 6.07. The highest BCUT2D eigenvalue weighted by atomic mass is 32.1. The Labute approximate surface area is 169 Å². The maximum atomic E-state index is 12.0. The topological polar surface area (TPSA) is 50.8 Å². The molecule has 6 heteroatoms. The van der Waals surface area contributed by atoms with E-state index in [4.69, 9.17) is 21.7 Å². The number of carbonyl (C=O) groups excluding carboxylic acids is 1. The lowest BCUT2D eigenvalue weighted by atomic mass is 9.80. The number of nitrogens with zero attached hydrogens (tertiary/aromatic N) is 1. The van der Waals surface area contributed by atoms with Crippen molar-refractivity contribution in [3.8, 4) is 5.75 Å². The summed E-state index contributed by atoms with van der Waals surface area (Å²) in [6.07, 6.45) is 3.10. The standard InChI is InChI=1S/C22H22N2O3S/c1-2-26-20(25)14-9-11-15(12-10-14)24-21(28)23-19-16-6-3-4-8-18(16)27-22(24)13-5-7-17(19)22/h3-4,6,8-12,17,19H,2,5,7,13H2,1H3,(H,23,28)/t17-,19-,22+/m0/s1. The van der Waals surface area contributed by atoms with Gasteiger partial charge in [0.05, 0.1) is 18.2 Å². The number of fused-ring (bicyclic) bond motifs is 2. The molecule has 0 amide bonds. The minimum atomic E-state index is -0.479. The quantitative estimate of drug-likeness (QED) is 0.622. The molecule has 1 saturated carbocycles. The predicted molar refractivity (Wildman–Crippen MR) is 110 cm³/mol. The van der Waals surface area contributed by atoms with Gasteiger partial charge in [-0.05, 0) is 62.3 Å². The molecule has 5 rings (SSSR count). The number of anilines is 1. The zero-order chi connectivity index (χ0) is 19.3. The summed E-state index contributed by atoms with van der Waals surface area (Å²) in [5.74, 6) is 0.931. The summed E-state index contributed by atoms with van der Waals surface area (Å²) in [6.45, 7) is 2.16. The summed E-state index contributed by atoms with van der Waals surface area (Å²) in [4.78, 5) is 14.1. The molecule has 3 atom stereocenters. The lowest BCUT2D eigenvalue weighted by molar-refractivity contribution is -0.00505. The van der Waals surface area contributed by atoms with E-state index in [-0.39, 0.29) is 12.0 Å². The first-order chi connectivity index (χ1) is 13.6. The number of carbonyl (C=O) groups is 1. The Bertz CT molecular complexity index is 945. The fourth-order valence-electron chi connectivity index (χ4n) is 4.95. The van der Waals surface area contributed by atoms with E-state index in [1.54, 1.807) is 19.1 Å². The Hall–Kier alpha value is -2.60. The highest BCUT2D eigenvalue weighted by Gasteiger charge is 2.60. The Kier molecular flexibility index (Phi) is 4.05. The molecule has 0 aromatic heterocycles. The first-order valence-corrected chi connectivity index (χ1v) is 10.2. The minimum Gasteiger partial charge on any atom is -0.467 e. The van der Waals surface area contributed by atoms with Crippen LogP contribution in [-0.4, -0.2) is 23.4 Å². The summed E-state index contributed by atoms with van der Waals surface area (Å²) in [5, 5.41) is 4.23. The predicted octanol–water partition coefficient (Wildman–Crippen LogP) is 4.19. The molecular formula is C22H22N2O3S. The minimum absolute atomic E-state index is 0.176. The number of hydrogen-bond donors (Lipinski definition) is 1. The lowest BCUT2D eigenvalue weighted by Crippen LogP contribution is -2.69. The summed E-state index contributed by atoms with van der Waals surface area (Å²) in [7, 11) is 0. The van der Waals surface area contributed by atoms with Gasteiger partial charge in [-0.25, -0.2) is 4.79 Å². The first kappa shape index (κ1) is 17.5. The zero-order valence-electron chi connectivity index (χ0n) is 15.7. The van der Waals surface area contributed by atoms with Crippen molar-refractivity contribution in [2.24, 2.45) is 5.92 Å². The summed E-state index contributed by atoms with van der Waals surface area (Å²) in [6, 6.07) is 15.8. The summed E-state index contributed by atoms with van der Waals surface area (Å²) in [5.41, 5.74) is 2.17. The molecule has 5 nitrogen and oxygen atoms in total. The van der Waals surface area contributed by atoms with Crippen LogP contribution in [0.3, 0.4) is 0 Å². The van der Waals surface area contributed by atoms with E-state index in [9.17, 15) is 4.79 Å². The van der Waals surface area contributed by atoms with E-state index >= 15 is 0 Å². The molecule has 2 fully saturated rings. The van der Waals surface area contributed by atoms with Crippen molar-refractivity contribution in [1.29, 1.82) is 0 Å². The molecular weight excluding hydrogens is 372 g/mol. The van der Waals surface area contributed by atoms with E-state index in [2.05, 4.69) is 22.3 Å². The van der Waals surface area contributed by atoms with Crippen molar-refractivity contribution >= 4 is 29.0 Å². The number of nitrogens with one attached hydrogen (secondary N) is 1. The highest BCUT2D eigenvalue weighted by Crippen LogP contribution is 2.56. The van der Waals surface area contributed by atoms with Gasteiger partial charge in [0.15, 0.2) is 10.8 Å². The van der Waals surface area contributed by atoms with Gasteiger partial charge in [-0.1, -0.05) is 18.2 Å². The van der Waals surface area contributed by atoms with Crippen LogP contribution in [0.25, 0.3) is 0 Å². The second-order valence-corrected chi connectivity index (χ2v) is 7.90. The summed E-state index contributed by atoms with van der Waals surface area (Å²) < 4.78 is 11.8. The maximum Gasteiger partial charge on any atom is 0.338 e. The number of thiocarbonyl (C=S) groups is 1. The van der Waals surface area contributed by atoms with Crippen molar-refractivity contribution in [2.75, 3.05) is 11.5 Å². The third-order valence-corrected chi connectivity index (χ3v) is 6.37. The molecule has 2 aliphatic heterocycles. The molecule has 0 unspecified atom stereocenters. The number of esters is 1. The number of ether oxygens (including phenoxy) is 2. The summed E-state index contributed by atoms with van der Waals surface area (Å²) >= 11 is 5.78. The monoisotopic (exact) mass is 394 g/mol. The van der Waals surface area contributed by atoms with Crippen LogP contribution in [0.2, 0.25) is 0 Å². The molecule has 3 aliphatic rings. The van der Waals surface area contributed by atoms with Crippen molar-refractivity contribution in [1.82, 2.24) is 5.32 Å². The van der Waals surface area contributed by atoms with Gasteiger partial charge in [-0.2, -0.15) is 0 Å². The van der Waals surface area contributed by atoms with Crippen molar-refractivity contribution in [2.45, 2.75) is 38.0 Å². The van der Waals surface area contributed by atoms with Crippen LogP contribution in [0.1, 0.15) is 48.1 Å². The number of benzene rings is 2. The Balaban J connectivity index is 1.56.